The Morgan fingerprint density at radius 2 is 1.76 bits per heavy atom. The average molecular weight is 467 g/mol. The molecule has 0 bridgehead atoms. The molecule has 1 aliphatic heterocycles. The van der Waals surface area contributed by atoms with Crippen LogP contribution in [0.2, 0.25) is 0 Å². The quantitative estimate of drug-likeness (QED) is 0.354. The summed E-state index contributed by atoms with van der Waals surface area (Å²) in [6.07, 6.45) is 3.83. The van der Waals surface area contributed by atoms with Gasteiger partial charge in [-0.25, -0.2) is 9.97 Å². The molecule has 0 spiro atoms. The fourth-order valence-corrected chi connectivity index (χ4v) is 5.39. The monoisotopic (exact) mass is 466 g/mol. The Hall–Kier alpha value is -3.55. The molecule has 0 unspecified atom stereocenters. The van der Waals surface area contributed by atoms with Gasteiger partial charge in [-0.15, -0.1) is 11.3 Å². The lowest BCUT2D eigenvalue weighted by atomic mass is 10.1. The first-order valence-corrected chi connectivity index (χ1v) is 12.6. The molecule has 34 heavy (non-hydrogen) atoms. The van der Waals surface area contributed by atoms with E-state index < -0.39 is 0 Å². The molecule has 6 nitrogen and oxygen atoms in total. The highest BCUT2D eigenvalue weighted by molar-refractivity contribution is 7.17. The summed E-state index contributed by atoms with van der Waals surface area (Å²) >= 11 is 1.66. The number of aromatic nitrogens is 3. The van der Waals surface area contributed by atoms with Crippen LogP contribution in [0.4, 0.5) is 17.3 Å². The van der Waals surface area contributed by atoms with Crippen molar-refractivity contribution >= 4 is 49.8 Å². The summed E-state index contributed by atoms with van der Waals surface area (Å²) in [5.41, 5.74) is 6.36. The first-order valence-electron chi connectivity index (χ1n) is 11.7. The van der Waals surface area contributed by atoms with E-state index in [0.717, 1.165) is 70.7 Å². The third kappa shape index (κ3) is 4.08. The van der Waals surface area contributed by atoms with Crippen molar-refractivity contribution in [2.75, 3.05) is 42.9 Å². The second kappa shape index (κ2) is 9.00. The third-order valence-electron chi connectivity index (χ3n) is 6.52. The van der Waals surface area contributed by atoms with Crippen molar-refractivity contribution in [3.05, 3.63) is 72.4 Å². The molecule has 1 N–H and O–H groups in total. The van der Waals surface area contributed by atoms with Crippen LogP contribution in [-0.2, 0) is 0 Å². The minimum absolute atomic E-state index is 0.602. The van der Waals surface area contributed by atoms with E-state index in [1.165, 1.54) is 5.69 Å². The zero-order chi connectivity index (χ0) is 22.9. The second-order valence-electron chi connectivity index (χ2n) is 8.57. The average Bonchev–Trinajstić information content (AvgIpc) is 3.32. The molecule has 5 aromatic rings. The topological polar surface area (TPSA) is 57.2 Å². The molecule has 1 saturated heterocycles. The van der Waals surface area contributed by atoms with Crippen LogP contribution in [-0.4, -0.2) is 52.6 Å². The molecule has 0 radical (unpaired) electrons. The third-order valence-corrected chi connectivity index (χ3v) is 7.43. The Morgan fingerprint density at radius 3 is 2.59 bits per heavy atom. The number of anilines is 3. The van der Waals surface area contributed by atoms with Crippen molar-refractivity contribution in [1.82, 2.24) is 19.9 Å². The number of rotatable bonds is 5. The van der Waals surface area contributed by atoms with Gasteiger partial charge in [0.1, 0.15) is 0 Å². The standard InChI is InChI=1S/C27H26N6S/c1-2-32-11-13-33(14-12-32)22-9-7-21(8-10-22)30-27-29-17-25-26(31-27)23(18-34-25)20-15-19-5-3-4-6-24(19)28-16-20/h3-10,15-18H,2,11-14H2,1H3,(H,29,30,31). The lowest BCUT2D eigenvalue weighted by Gasteiger charge is -2.35. The van der Waals surface area contributed by atoms with Gasteiger partial charge in [0.25, 0.3) is 0 Å². The van der Waals surface area contributed by atoms with Gasteiger partial charge in [-0.3, -0.25) is 4.98 Å². The zero-order valence-corrected chi connectivity index (χ0v) is 19.9. The number of benzene rings is 2. The van der Waals surface area contributed by atoms with E-state index in [1.54, 1.807) is 11.3 Å². The fourth-order valence-electron chi connectivity index (χ4n) is 4.52. The predicted molar refractivity (Wildman–Crippen MR) is 142 cm³/mol. The van der Waals surface area contributed by atoms with Gasteiger partial charge < -0.3 is 15.1 Å². The number of nitrogens with one attached hydrogen (secondary N) is 1. The Kier molecular flexibility index (Phi) is 5.57. The maximum Gasteiger partial charge on any atom is 0.227 e. The van der Waals surface area contributed by atoms with E-state index in [-0.39, 0.29) is 0 Å². The molecule has 170 valence electrons. The Morgan fingerprint density at radius 1 is 0.941 bits per heavy atom. The maximum absolute atomic E-state index is 4.86. The van der Waals surface area contributed by atoms with E-state index in [9.17, 15) is 0 Å². The fraction of sp³-hybridized carbons (Fsp3) is 0.222. The van der Waals surface area contributed by atoms with Gasteiger partial charge in [0.2, 0.25) is 5.95 Å². The number of fused-ring (bicyclic) bond motifs is 2. The van der Waals surface area contributed by atoms with Gasteiger partial charge in [0, 0.05) is 65.6 Å². The van der Waals surface area contributed by atoms with Crippen molar-refractivity contribution in [1.29, 1.82) is 0 Å². The number of pyridine rings is 1. The van der Waals surface area contributed by atoms with Gasteiger partial charge >= 0.3 is 0 Å². The summed E-state index contributed by atoms with van der Waals surface area (Å²) in [4.78, 5) is 19.0. The van der Waals surface area contributed by atoms with E-state index in [0.29, 0.717) is 5.95 Å². The van der Waals surface area contributed by atoms with Gasteiger partial charge in [0.05, 0.1) is 21.9 Å². The number of nitrogens with zero attached hydrogens (tertiary/aromatic N) is 5. The molecule has 1 fully saturated rings. The molecule has 3 aromatic heterocycles. The van der Waals surface area contributed by atoms with Crippen LogP contribution < -0.4 is 10.2 Å². The SMILES string of the molecule is CCN1CCN(c2ccc(Nc3ncc4scc(-c5cnc6ccccc6c5)c4n3)cc2)CC1. The summed E-state index contributed by atoms with van der Waals surface area (Å²) in [5, 5.41) is 6.65. The van der Waals surface area contributed by atoms with Crippen LogP contribution in [0.25, 0.3) is 32.2 Å². The number of hydrogen-bond acceptors (Lipinski definition) is 7. The van der Waals surface area contributed by atoms with Gasteiger partial charge in [-0.2, -0.15) is 0 Å². The molecular weight excluding hydrogens is 440 g/mol. The summed E-state index contributed by atoms with van der Waals surface area (Å²) in [7, 11) is 0. The van der Waals surface area contributed by atoms with Crippen LogP contribution in [0.1, 0.15) is 6.92 Å². The Bertz CT molecular complexity index is 1440. The highest BCUT2D eigenvalue weighted by atomic mass is 32.1. The van der Waals surface area contributed by atoms with Gasteiger partial charge in [-0.1, -0.05) is 25.1 Å². The number of piperazine rings is 1. The van der Waals surface area contributed by atoms with Gasteiger partial charge in [0.15, 0.2) is 0 Å². The molecular formula is C27H26N6S. The van der Waals surface area contributed by atoms with E-state index in [2.05, 4.69) is 73.8 Å². The van der Waals surface area contributed by atoms with Gasteiger partial charge in [-0.05, 0) is 42.9 Å². The molecule has 4 heterocycles. The molecule has 7 heteroatoms. The highest BCUT2D eigenvalue weighted by Crippen LogP contribution is 2.34. The molecule has 0 aliphatic carbocycles. The van der Waals surface area contributed by atoms with E-state index >= 15 is 0 Å². The number of likely N-dealkylation sites (N-methyl/N-ethyl adjacent to an activating group) is 1. The molecule has 6 rings (SSSR count). The first kappa shape index (κ1) is 21.0. The summed E-state index contributed by atoms with van der Waals surface area (Å²) in [6.45, 7) is 7.76. The molecule has 1 aliphatic rings. The van der Waals surface area contributed by atoms with Crippen molar-refractivity contribution in [3.63, 3.8) is 0 Å². The van der Waals surface area contributed by atoms with Crippen LogP contribution in [0.5, 0.6) is 0 Å². The van der Waals surface area contributed by atoms with Crippen LogP contribution in [0, 0.1) is 0 Å². The van der Waals surface area contributed by atoms with Crippen molar-refractivity contribution in [2.24, 2.45) is 0 Å². The minimum atomic E-state index is 0.602. The number of thiophene rings is 1. The second-order valence-corrected chi connectivity index (χ2v) is 9.48. The smallest absolute Gasteiger partial charge is 0.227 e. The number of para-hydroxylation sites is 1. The summed E-state index contributed by atoms with van der Waals surface area (Å²) in [6, 6.07) is 18.9. The lowest BCUT2D eigenvalue weighted by Crippen LogP contribution is -2.46. The normalized spacial score (nSPS) is 14.7. The van der Waals surface area contributed by atoms with Crippen LogP contribution >= 0.6 is 11.3 Å². The van der Waals surface area contributed by atoms with Crippen LogP contribution in [0.3, 0.4) is 0 Å². The summed E-state index contributed by atoms with van der Waals surface area (Å²) < 4.78 is 1.07. The van der Waals surface area contributed by atoms with E-state index in [4.69, 9.17) is 4.98 Å². The molecule has 2 aromatic carbocycles. The predicted octanol–water partition coefficient (Wildman–Crippen LogP) is 5.79. The molecule has 0 saturated carbocycles. The van der Waals surface area contributed by atoms with Crippen molar-refractivity contribution < 1.29 is 0 Å². The maximum atomic E-state index is 4.86. The van der Waals surface area contributed by atoms with Crippen molar-refractivity contribution in [2.45, 2.75) is 6.92 Å². The van der Waals surface area contributed by atoms with E-state index in [1.807, 2.05) is 30.6 Å². The Labute approximate surface area is 202 Å². The van der Waals surface area contributed by atoms with Crippen molar-refractivity contribution in [3.8, 4) is 11.1 Å². The largest absolute Gasteiger partial charge is 0.369 e. The molecule has 0 amide bonds. The van der Waals surface area contributed by atoms with Crippen LogP contribution in [0.15, 0.2) is 72.4 Å². The number of hydrogen-bond donors (Lipinski definition) is 1. The summed E-state index contributed by atoms with van der Waals surface area (Å²) in [5.74, 6) is 0.602. The zero-order valence-electron chi connectivity index (χ0n) is 19.1. The lowest BCUT2D eigenvalue weighted by molar-refractivity contribution is 0.271. The Balaban J connectivity index is 1.23. The first-order chi connectivity index (χ1) is 16.8. The minimum Gasteiger partial charge on any atom is -0.369 e. The highest BCUT2D eigenvalue weighted by Gasteiger charge is 2.16. The molecule has 0 atom stereocenters.